The van der Waals surface area contributed by atoms with Crippen LogP contribution in [0.4, 0.5) is 0 Å². The molecule has 3 heterocycles. The van der Waals surface area contributed by atoms with Crippen LogP contribution in [0.15, 0.2) is 0 Å². The highest BCUT2D eigenvalue weighted by molar-refractivity contribution is 5.80. The monoisotopic (exact) mass is 182 g/mol. The van der Waals surface area contributed by atoms with Crippen LogP contribution in [0.25, 0.3) is 0 Å². The molecule has 3 nitrogen and oxygen atoms in total. The molecule has 0 radical (unpaired) electrons. The van der Waals surface area contributed by atoms with Crippen molar-refractivity contribution < 1.29 is 4.79 Å². The van der Waals surface area contributed by atoms with Gasteiger partial charge < -0.3 is 4.90 Å². The van der Waals surface area contributed by atoms with Gasteiger partial charge in [0.05, 0.1) is 6.17 Å². The quantitative estimate of drug-likeness (QED) is 0.633. The lowest BCUT2D eigenvalue weighted by Gasteiger charge is -2.42. The standard InChI is InChI=1S/C10H18N2O/c1-4-11-6-8-5-9(11)12(8)10(13)7(2)3/h7-9H,4-6H2,1-3H3. The van der Waals surface area contributed by atoms with Crippen molar-refractivity contribution in [3.05, 3.63) is 0 Å². The molecule has 3 heteroatoms. The molecule has 2 unspecified atom stereocenters. The fourth-order valence-electron chi connectivity index (χ4n) is 2.42. The summed E-state index contributed by atoms with van der Waals surface area (Å²) in [5.74, 6) is 0.485. The molecule has 1 amide bonds. The Bertz CT molecular complexity index is 227. The normalized spacial score (nSPS) is 32.5. The smallest absolute Gasteiger partial charge is 0.226 e. The van der Waals surface area contributed by atoms with Crippen molar-refractivity contribution in [2.24, 2.45) is 5.92 Å². The number of likely N-dealkylation sites (N-methyl/N-ethyl adjacent to an activating group) is 1. The van der Waals surface area contributed by atoms with Crippen LogP contribution in [0.1, 0.15) is 27.2 Å². The Morgan fingerprint density at radius 1 is 1.54 bits per heavy atom. The van der Waals surface area contributed by atoms with Crippen LogP contribution >= 0.6 is 0 Å². The molecular formula is C10H18N2O. The number of amides is 1. The third-order valence-electron chi connectivity index (χ3n) is 3.22. The molecule has 3 aliphatic rings. The first-order chi connectivity index (χ1) is 6.15. The van der Waals surface area contributed by atoms with E-state index in [2.05, 4.69) is 16.7 Å². The van der Waals surface area contributed by atoms with Gasteiger partial charge in [-0.05, 0) is 6.54 Å². The summed E-state index contributed by atoms with van der Waals surface area (Å²) in [6.45, 7) is 8.30. The lowest BCUT2D eigenvalue weighted by molar-refractivity contribution is -0.145. The minimum absolute atomic E-state index is 0.155. The second-order valence-corrected chi connectivity index (χ2v) is 4.36. The molecule has 13 heavy (non-hydrogen) atoms. The minimum Gasteiger partial charge on any atom is -0.322 e. The van der Waals surface area contributed by atoms with Gasteiger partial charge >= 0.3 is 0 Å². The Morgan fingerprint density at radius 2 is 2.23 bits per heavy atom. The van der Waals surface area contributed by atoms with Gasteiger partial charge in [-0.1, -0.05) is 20.8 Å². The molecule has 2 atom stereocenters. The van der Waals surface area contributed by atoms with Gasteiger partial charge in [0, 0.05) is 24.9 Å². The van der Waals surface area contributed by atoms with E-state index in [9.17, 15) is 4.79 Å². The summed E-state index contributed by atoms with van der Waals surface area (Å²) in [4.78, 5) is 16.2. The van der Waals surface area contributed by atoms with Crippen molar-refractivity contribution >= 4 is 5.91 Å². The lowest BCUT2D eigenvalue weighted by atomic mass is 10.0. The van der Waals surface area contributed by atoms with Crippen molar-refractivity contribution in [2.45, 2.75) is 39.4 Å². The van der Waals surface area contributed by atoms with Crippen molar-refractivity contribution in [2.75, 3.05) is 13.1 Å². The molecule has 74 valence electrons. The number of nitrogens with zero attached hydrogens (tertiary/aromatic N) is 2. The van der Waals surface area contributed by atoms with Crippen LogP contribution in [-0.2, 0) is 4.79 Å². The zero-order valence-corrected chi connectivity index (χ0v) is 8.66. The van der Waals surface area contributed by atoms with Crippen molar-refractivity contribution in [1.82, 2.24) is 9.80 Å². The zero-order chi connectivity index (χ0) is 9.59. The predicted octanol–water partition coefficient (Wildman–Crippen LogP) is 0.905. The van der Waals surface area contributed by atoms with Gasteiger partial charge in [0.25, 0.3) is 0 Å². The molecule has 0 aromatic heterocycles. The third-order valence-corrected chi connectivity index (χ3v) is 3.22. The van der Waals surface area contributed by atoms with Crippen LogP contribution in [0.3, 0.4) is 0 Å². The minimum atomic E-state index is 0.155. The maximum absolute atomic E-state index is 11.7. The number of hydrogen-bond donors (Lipinski definition) is 0. The molecule has 2 bridgehead atoms. The molecule has 0 spiro atoms. The largest absolute Gasteiger partial charge is 0.322 e. The van der Waals surface area contributed by atoms with Crippen molar-refractivity contribution in [3.8, 4) is 0 Å². The van der Waals surface area contributed by atoms with Crippen LogP contribution in [0, 0.1) is 5.92 Å². The van der Waals surface area contributed by atoms with Crippen LogP contribution < -0.4 is 0 Å². The molecular weight excluding hydrogens is 164 g/mol. The fourth-order valence-corrected chi connectivity index (χ4v) is 2.42. The van der Waals surface area contributed by atoms with E-state index in [0.717, 1.165) is 13.1 Å². The van der Waals surface area contributed by atoms with Crippen molar-refractivity contribution in [3.63, 3.8) is 0 Å². The summed E-state index contributed by atoms with van der Waals surface area (Å²) in [5, 5.41) is 0. The molecule has 0 N–H and O–H groups in total. The summed E-state index contributed by atoms with van der Waals surface area (Å²) in [6.07, 6.45) is 1.64. The summed E-state index contributed by atoms with van der Waals surface area (Å²) in [5.41, 5.74) is 0. The van der Waals surface area contributed by atoms with Gasteiger partial charge in [-0.25, -0.2) is 0 Å². The average molecular weight is 182 g/mol. The number of fused-ring (bicyclic) bond motifs is 1. The first-order valence-electron chi connectivity index (χ1n) is 5.21. The molecule has 3 rings (SSSR count). The Kier molecular flexibility index (Phi) is 2.06. The summed E-state index contributed by atoms with van der Waals surface area (Å²) < 4.78 is 0. The van der Waals surface area contributed by atoms with Gasteiger partial charge in [-0.15, -0.1) is 0 Å². The number of carbonyl (C=O) groups excluding carboxylic acids is 1. The Balaban J connectivity index is 2.02. The Labute approximate surface area is 79.7 Å². The van der Waals surface area contributed by atoms with Crippen molar-refractivity contribution in [1.29, 1.82) is 0 Å². The highest BCUT2D eigenvalue weighted by atomic mass is 16.2. The number of rotatable bonds is 2. The molecule has 3 saturated heterocycles. The number of hydrogen-bond acceptors (Lipinski definition) is 2. The SMILES string of the molecule is CCN1CC2CC1N2C(=O)C(C)C. The predicted molar refractivity (Wildman–Crippen MR) is 51.1 cm³/mol. The molecule has 0 aliphatic carbocycles. The number of carbonyl (C=O) groups is 1. The summed E-state index contributed by atoms with van der Waals surface area (Å²) in [6, 6.07) is 0.528. The topological polar surface area (TPSA) is 23.6 Å². The van der Waals surface area contributed by atoms with Gasteiger partial charge in [0.15, 0.2) is 0 Å². The van der Waals surface area contributed by atoms with Crippen LogP contribution in [-0.4, -0.2) is 41.0 Å². The molecule has 0 saturated carbocycles. The molecule has 0 aromatic rings. The van der Waals surface area contributed by atoms with E-state index < -0.39 is 0 Å². The van der Waals surface area contributed by atoms with E-state index in [1.165, 1.54) is 6.42 Å². The first-order valence-corrected chi connectivity index (χ1v) is 5.21. The molecule has 3 fully saturated rings. The molecule has 0 aromatic carbocycles. The Hall–Kier alpha value is -0.570. The van der Waals surface area contributed by atoms with E-state index in [1.54, 1.807) is 0 Å². The fraction of sp³-hybridized carbons (Fsp3) is 0.900. The van der Waals surface area contributed by atoms with E-state index in [-0.39, 0.29) is 5.92 Å². The second kappa shape index (κ2) is 2.98. The first kappa shape index (κ1) is 9.00. The van der Waals surface area contributed by atoms with Gasteiger partial charge in [-0.3, -0.25) is 9.69 Å². The highest BCUT2D eigenvalue weighted by Gasteiger charge is 2.51. The Morgan fingerprint density at radius 3 is 2.69 bits per heavy atom. The van der Waals surface area contributed by atoms with Gasteiger partial charge in [0.1, 0.15) is 0 Å². The van der Waals surface area contributed by atoms with E-state index in [0.29, 0.717) is 18.1 Å². The summed E-state index contributed by atoms with van der Waals surface area (Å²) >= 11 is 0. The van der Waals surface area contributed by atoms with E-state index >= 15 is 0 Å². The highest BCUT2D eigenvalue weighted by Crippen LogP contribution is 2.37. The molecule has 3 aliphatic heterocycles. The van der Waals surface area contributed by atoms with Gasteiger partial charge in [0.2, 0.25) is 5.91 Å². The van der Waals surface area contributed by atoms with Crippen LogP contribution in [0.5, 0.6) is 0 Å². The van der Waals surface area contributed by atoms with E-state index in [4.69, 9.17) is 0 Å². The maximum atomic E-state index is 11.7. The second-order valence-electron chi connectivity index (χ2n) is 4.36. The lowest BCUT2D eigenvalue weighted by Crippen LogP contribution is -2.56. The van der Waals surface area contributed by atoms with E-state index in [1.807, 2.05) is 13.8 Å². The van der Waals surface area contributed by atoms with Gasteiger partial charge in [-0.2, -0.15) is 0 Å². The summed E-state index contributed by atoms with van der Waals surface area (Å²) in [7, 11) is 0. The third kappa shape index (κ3) is 1.17. The maximum Gasteiger partial charge on any atom is 0.226 e. The average Bonchev–Trinajstić information content (AvgIpc) is 2.59. The zero-order valence-electron chi connectivity index (χ0n) is 8.66. The van der Waals surface area contributed by atoms with Crippen LogP contribution in [0.2, 0.25) is 0 Å².